The smallest absolute Gasteiger partial charge is 0.272 e. The molecular weight excluding hydrogens is 392 g/mol. The summed E-state index contributed by atoms with van der Waals surface area (Å²) in [7, 11) is 0. The maximum atomic E-state index is 10.7. The first-order chi connectivity index (χ1) is 13.5. The van der Waals surface area contributed by atoms with Crippen molar-refractivity contribution in [3.05, 3.63) is 77.9 Å². The maximum Gasteiger partial charge on any atom is 0.272 e. The van der Waals surface area contributed by atoms with E-state index >= 15 is 0 Å². The molecule has 0 aliphatic heterocycles. The standard InChI is InChI=1S/C10H12N2O2S.C10H10N2O2/c1-6-4-9(12(13)14)7(2)3-8(6)5-10(11)15;1-7-6-10(12(13)14)8(2)5-9(7)3-4-11/h3-4H,5H2,1-2H3,(H2,11,15);5-6H,3H2,1-2H3. The zero-order valence-electron chi connectivity index (χ0n) is 16.7. The van der Waals surface area contributed by atoms with E-state index in [1.807, 2.05) is 13.0 Å². The number of nitro groups is 2. The predicted molar refractivity (Wildman–Crippen MR) is 115 cm³/mol. The lowest BCUT2D eigenvalue weighted by atomic mass is 10.0. The van der Waals surface area contributed by atoms with Crippen molar-refractivity contribution in [2.45, 2.75) is 40.5 Å². The molecule has 0 bridgehead atoms. The van der Waals surface area contributed by atoms with Gasteiger partial charge in [0.05, 0.1) is 27.3 Å². The molecule has 0 saturated carbocycles. The van der Waals surface area contributed by atoms with Crippen LogP contribution in [0.5, 0.6) is 0 Å². The third-order valence-electron chi connectivity index (χ3n) is 4.34. The first-order valence-electron chi connectivity index (χ1n) is 8.62. The van der Waals surface area contributed by atoms with Crippen LogP contribution in [0.4, 0.5) is 11.4 Å². The number of nitro benzene ring substituents is 2. The number of rotatable bonds is 5. The highest BCUT2D eigenvalue weighted by Crippen LogP contribution is 2.23. The van der Waals surface area contributed by atoms with Crippen LogP contribution in [0.3, 0.4) is 0 Å². The van der Waals surface area contributed by atoms with Crippen LogP contribution in [-0.2, 0) is 12.8 Å². The molecular formula is C20H22N4O4S. The molecule has 8 nitrogen and oxygen atoms in total. The molecule has 0 saturated heterocycles. The summed E-state index contributed by atoms with van der Waals surface area (Å²) in [5.74, 6) is 0. The van der Waals surface area contributed by atoms with Gasteiger partial charge in [0.15, 0.2) is 0 Å². The minimum Gasteiger partial charge on any atom is -0.393 e. The van der Waals surface area contributed by atoms with Crippen molar-refractivity contribution < 1.29 is 9.85 Å². The van der Waals surface area contributed by atoms with Gasteiger partial charge in [0.25, 0.3) is 11.4 Å². The quantitative estimate of drug-likeness (QED) is 0.437. The summed E-state index contributed by atoms with van der Waals surface area (Å²) in [6.45, 7) is 6.98. The Balaban J connectivity index is 0.000000291. The van der Waals surface area contributed by atoms with Gasteiger partial charge >= 0.3 is 0 Å². The van der Waals surface area contributed by atoms with Crippen LogP contribution in [0.15, 0.2) is 24.3 Å². The van der Waals surface area contributed by atoms with E-state index in [1.54, 1.807) is 39.0 Å². The number of hydrogen-bond donors (Lipinski definition) is 1. The number of hydrogen-bond acceptors (Lipinski definition) is 6. The molecule has 2 rings (SSSR count). The summed E-state index contributed by atoms with van der Waals surface area (Å²) in [6.07, 6.45) is 0.782. The van der Waals surface area contributed by atoms with Gasteiger partial charge in [0, 0.05) is 29.7 Å². The monoisotopic (exact) mass is 414 g/mol. The number of thiocarbonyl (C=S) groups is 1. The Kier molecular flexibility index (Phi) is 8.36. The Morgan fingerprint density at radius 1 is 0.931 bits per heavy atom. The largest absolute Gasteiger partial charge is 0.393 e. The van der Waals surface area contributed by atoms with E-state index in [9.17, 15) is 20.2 Å². The van der Waals surface area contributed by atoms with Gasteiger partial charge in [-0.1, -0.05) is 12.2 Å². The van der Waals surface area contributed by atoms with Gasteiger partial charge in [-0.3, -0.25) is 20.2 Å². The summed E-state index contributed by atoms with van der Waals surface area (Å²) >= 11 is 4.81. The van der Waals surface area contributed by atoms with Gasteiger partial charge in [-0.2, -0.15) is 5.26 Å². The topological polar surface area (TPSA) is 136 Å². The second-order valence-electron chi connectivity index (χ2n) is 6.62. The average Bonchev–Trinajstić information content (AvgIpc) is 2.60. The van der Waals surface area contributed by atoms with E-state index < -0.39 is 4.92 Å². The minimum atomic E-state index is -0.404. The van der Waals surface area contributed by atoms with Gasteiger partial charge < -0.3 is 5.73 Å². The molecule has 0 aromatic heterocycles. The molecule has 0 unspecified atom stereocenters. The summed E-state index contributed by atoms with van der Waals surface area (Å²) in [5, 5.41) is 29.8. The molecule has 0 radical (unpaired) electrons. The summed E-state index contributed by atoms with van der Waals surface area (Å²) in [6, 6.07) is 8.58. The fourth-order valence-electron chi connectivity index (χ4n) is 2.77. The third-order valence-corrected chi connectivity index (χ3v) is 4.48. The normalized spacial score (nSPS) is 9.76. The molecule has 2 aromatic rings. The third kappa shape index (κ3) is 6.62. The number of nitrogens with zero attached hydrogens (tertiary/aromatic N) is 3. The fourth-order valence-corrected chi connectivity index (χ4v) is 2.92. The van der Waals surface area contributed by atoms with Crippen LogP contribution in [0.2, 0.25) is 0 Å². The molecule has 0 amide bonds. The lowest BCUT2D eigenvalue weighted by molar-refractivity contribution is -0.385. The van der Waals surface area contributed by atoms with E-state index in [1.165, 1.54) is 6.07 Å². The van der Waals surface area contributed by atoms with Gasteiger partial charge in [0.2, 0.25) is 0 Å². The molecule has 0 aliphatic carbocycles. The second kappa shape index (κ2) is 10.2. The highest BCUT2D eigenvalue weighted by molar-refractivity contribution is 7.80. The Hall–Kier alpha value is -3.38. The Labute approximate surface area is 174 Å². The molecule has 0 atom stereocenters. The number of benzene rings is 2. The van der Waals surface area contributed by atoms with Crippen LogP contribution in [0, 0.1) is 59.3 Å². The first-order valence-corrected chi connectivity index (χ1v) is 9.03. The van der Waals surface area contributed by atoms with Crippen LogP contribution in [0.25, 0.3) is 0 Å². The minimum absolute atomic E-state index is 0.115. The van der Waals surface area contributed by atoms with E-state index in [-0.39, 0.29) is 16.3 Å². The molecule has 0 fully saturated rings. The molecule has 2 aromatic carbocycles. The maximum absolute atomic E-state index is 10.7. The van der Waals surface area contributed by atoms with E-state index in [4.69, 9.17) is 23.2 Å². The number of aryl methyl sites for hydroxylation is 4. The molecule has 9 heteroatoms. The van der Waals surface area contributed by atoms with Crippen LogP contribution in [0.1, 0.15) is 33.4 Å². The summed E-state index contributed by atoms with van der Waals surface area (Å²) in [4.78, 5) is 20.9. The van der Waals surface area contributed by atoms with Crippen molar-refractivity contribution in [2.75, 3.05) is 0 Å². The molecule has 2 N–H and O–H groups in total. The second-order valence-corrected chi connectivity index (χ2v) is 7.15. The Bertz CT molecular complexity index is 1010. The van der Waals surface area contributed by atoms with E-state index in [0.717, 1.165) is 22.3 Å². The lowest BCUT2D eigenvalue weighted by Gasteiger charge is -2.06. The van der Waals surface area contributed by atoms with Crippen molar-refractivity contribution in [1.29, 1.82) is 5.26 Å². The van der Waals surface area contributed by atoms with Gasteiger partial charge in [-0.05, 0) is 62.1 Å². The predicted octanol–water partition coefficient (Wildman–Crippen LogP) is 4.32. The van der Waals surface area contributed by atoms with Crippen molar-refractivity contribution in [3.8, 4) is 6.07 Å². The number of nitrogens with two attached hydrogens (primary N) is 1. The van der Waals surface area contributed by atoms with Gasteiger partial charge in [-0.15, -0.1) is 0 Å². The van der Waals surface area contributed by atoms with Crippen LogP contribution in [-0.4, -0.2) is 14.8 Å². The van der Waals surface area contributed by atoms with Gasteiger partial charge in [0.1, 0.15) is 0 Å². The first kappa shape index (κ1) is 23.7. The summed E-state index contributed by atoms with van der Waals surface area (Å²) in [5.41, 5.74) is 10.4. The lowest BCUT2D eigenvalue weighted by Crippen LogP contribution is -2.12. The Morgan fingerprint density at radius 3 is 1.72 bits per heavy atom. The zero-order chi connectivity index (χ0) is 22.3. The van der Waals surface area contributed by atoms with Crippen LogP contribution >= 0.6 is 12.2 Å². The van der Waals surface area contributed by atoms with Crippen molar-refractivity contribution in [1.82, 2.24) is 0 Å². The van der Waals surface area contributed by atoms with E-state index in [2.05, 4.69) is 0 Å². The zero-order valence-corrected chi connectivity index (χ0v) is 17.5. The molecule has 29 heavy (non-hydrogen) atoms. The molecule has 0 heterocycles. The van der Waals surface area contributed by atoms with Crippen molar-refractivity contribution in [2.24, 2.45) is 5.73 Å². The fraction of sp³-hybridized carbons (Fsp3) is 0.300. The van der Waals surface area contributed by atoms with Crippen molar-refractivity contribution >= 4 is 28.6 Å². The molecule has 152 valence electrons. The van der Waals surface area contributed by atoms with Crippen LogP contribution < -0.4 is 5.73 Å². The highest BCUT2D eigenvalue weighted by atomic mass is 32.1. The summed E-state index contributed by atoms with van der Waals surface area (Å²) < 4.78 is 0. The average molecular weight is 414 g/mol. The highest BCUT2D eigenvalue weighted by Gasteiger charge is 2.14. The molecule has 0 spiro atoms. The Morgan fingerprint density at radius 2 is 1.34 bits per heavy atom. The number of nitriles is 1. The van der Waals surface area contributed by atoms with Crippen molar-refractivity contribution in [3.63, 3.8) is 0 Å². The van der Waals surface area contributed by atoms with E-state index in [0.29, 0.717) is 29.0 Å². The molecule has 0 aliphatic rings. The SMILES string of the molecule is Cc1cc([N+](=O)[O-])c(C)cc1CC#N.Cc1cc([N+](=O)[O-])c(C)cc1CC(N)=S. The van der Waals surface area contributed by atoms with Gasteiger partial charge in [-0.25, -0.2) is 0 Å².